The van der Waals surface area contributed by atoms with Gasteiger partial charge in [0.15, 0.2) is 0 Å². The summed E-state index contributed by atoms with van der Waals surface area (Å²) >= 11 is 6.13. The van der Waals surface area contributed by atoms with Crippen LogP contribution in [0.1, 0.15) is 0 Å². The molecule has 4 nitrogen and oxygen atoms in total. The monoisotopic (exact) mass is 253 g/mol. The molecule has 0 aliphatic carbocycles. The van der Waals surface area contributed by atoms with Gasteiger partial charge in [-0.15, -0.1) is 0 Å². The number of aromatic nitrogens is 1. The van der Waals surface area contributed by atoms with Crippen LogP contribution in [0.2, 0.25) is 5.02 Å². The molecule has 0 atom stereocenters. The Bertz CT molecular complexity index is 389. The van der Waals surface area contributed by atoms with Crippen molar-refractivity contribution in [1.29, 1.82) is 0 Å². The Kier molecular flexibility index (Phi) is 3.18. The third-order valence-corrected chi connectivity index (χ3v) is 3.81. The number of nitrogens with zero attached hydrogens (tertiary/aromatic N) is 3. The number of rotatable bonds is 2. The second kappa shape index (κ2) is 4.80. The highest BCUT2D eigenvalue weighted by molar-refractivity contribution is 6.33. The van der Waals surface area contributed by atoms with E-state index in [-0.39, 0.29) is 0 Å². The molecule has 1 aromatic heterocycles. The zero-order valence-electron chi connectivity index (χ0n) is 9.68. The fourth-order valence-electron chi connectivity index (χ4n) is 2.45. The van der Waals surface area contributed by atoms with Gasteiger partial charge in [0.1, 0.15) is 0 Å². The highest BCUT2D eigenvalue weighted by atomic mass is 35.5. The topological polar surface area (TPSA) is 28.6 Å². The van der Waals surface area contributed by atoms with Crippen LogP contribution in [0.5, 0.6) is 0 Å². The van der Waals surface area contributed by atoms with Crippen LogP contribution in [-0.4, -0.2) is 55.3 Å². The summed E-state index contributed by atoms with van der Waals surface area (Å²) in [6.45, 7) is 5.97. The molecule has 92 valence electrons. The maximum absolute atomic E-state index is 6.13. The standard InChI is InChI=1S/C12H16ClN3O/c13-11-7-14-2-1-12(11)16-8-10(9-16)15-3-5-17-6-4-15/h1-2,7,10H,3-6,8-9H2. The molecule has 0 saturated carbocycles. The van der Waals surface area contributed by atoms with Crippen LogP contribution in [0.3, 0.4) is 0 Å². The Hall–Kier alpha value is -0.840. The van der Waals surface area contributed by atoms with E-state index >= 15 is 0 Å². The van der Waals surface area contributed by atoms with Gasteiger partial charge in [0.25, 0.3) is 0 Å². The predicted octanol–water partition coefficient (Wildman–Crippen LogP) is 1.26. The second-order valence-electron chi connectivity index (χ2n) is 4.53. The first-order valence-electron chi connectivity index (χ1n) is 6.01. The third kappa shape index (κ3) is 2.25. The summed E-state index contributed by atoms with van der Waals surface area (Å²) in [5.74, 6) is 0. The lowest BCUT2D eigenvalue weighted by molar-refractivity contribution is 0.0105. The Morgan fingerprint density at radius 3 is 2.76 bits per heavy atom. The number of morpholine rings is 1. The number of anilines is 1. The molecule has 3 rings (SSSR count). The van der Waals surface area contributed by atoms with Crippen molar-refractivity contribution in [3.05, 3.63) is 23.5 Å². The first-order chi connectivity index (χ1) is 8.34. The lowest BCUT2D eigenvalue weighted by Gasteiger charge is -2.47. The Morgan fingerprint density at radius 2 is 2.06 bits per heavy atom. The van der Waals surface area contributed by atoms with Crippen LogP contribution in [-0.2, 0) is 4.74 Å². The number of halogens is 1. The van der Waals surface area contributed by atoms with Gasteiger partial charge in [0, 0.05) is 44.6 Å². The molecule has 0 unspecified atom stereocenters. The van der Waals surface area contributed by atoms with Crippen molar-refractivity contribution in [3.63, 3.8) is 0 Å². The molecule has 0 bridgehead atoms. The van der Waals surface area contributed by atoms with E-state index in [9.17, 15) is 0 Å². The van der Waals surface area contributed by atoms with Gasteiger partial charge in [-0.25, -0.2) is 0 Å². The van der Waals surface area contributed by atoms with Crippen molar-refractivity contribution in [3.8, 4) is 0 Å². The average Bonchev–Trinajstić information content (AvgIpc) is 2.31. The highest BCUT2D eigenvalue weighted by Gasteiger charge is 2.33. The Labute approximate surface area is 106 Å². The number of hydrogen-bond acceptors (Lipinski definition) is 4. The summed E-state index contributed by atoms with van der Waals surface area (Å²) in [5, 5.41) is 0.743. The molecule has 3 heterocycles. The molecule has 0 amide bonds. The maximum Gasteiger partial charge on any atom is 0.0822 e. The zero-order chi connectivity index (χ0) is 11.7. The summed E-state index contributed by atoms with van der Waals surface area (Å²) in [7, 11) is 0. The second-order valence-corrected chi connectivity index (χ2v) is 4.94. The smallest absolute Gasteiger partial charge is 0.0822 e. The normalized spacial score (nSPS) is 22.5. The van der Waals surface area contributed by atoms with E-state index in [1.165, 1.54) is 0 Å². The van der Waals surface area contributed by atoms with Crippen molar-refractivity contribution < 1.29 is 4.74 Å². The SMILES string of the molecule is Clc1cnccc1N1CC(N2CCOCC2)C1. The molecule has 2 aliphatic rings. The highest BCUT2D eigenvalue weighted by Crippen LogP contribution is 2.29. The summed E-state index contributed by atoms with van der Waals surface area (Å²) in [6.07, 6.45) is 3.50. The van der Waals surface area contributed by atoms with Crippen molar-refractivity contribution >= 4 is 17.3 Å². The van der Waals surface area contributed by atoms with Crippen LogP contribution in [0.25, 0.3) is 0 Å². The van der Waals surface area contributed by atoms with Gasteiger partial charge in [-0.2, -0.15) is 0 Å². The average molecular weight is 254 g/mol. The van der Waals surface area contributed by atoms with E-state index in [1.54, 1.807) is 12.4 Å². The molecule has 17 heavy (non-hydrogen) atoms. The quantitative estimate of drug-likeness (QED) is 0.793. The van der Waals surface area contributed by atoms with E-state index < -0.39 is 0 Å². The Morgan fingerprint density at radius 1 is 1.29 bits per heavy atom. The Balaban J connectivity index is 1.59. The van der Waals surface area contributed by atoms with Crippen molar-refractivity contribution in [1.82, 2.24) is 9.88 Å². The molecule has 0 N–H and O–H groups in total. The first-order valence-corrected chi connectivity index (χ1v) is 6.38. The number of hydrogen-bond donors (Lipinski definition) is 0. The third-order valence-electron chi connectivity index (χ3n) is 3.52. The molecule has 2 aliphatic heterocycles. The van der Waals surface area contributed by atoms with Gasteiger partial charge in [0.05, 0.1) is 23.9 Å². The zero-order valence-corrected chi connectivity index (χ0v) is 10.4. The van der Waals surface area contributed by atoms with E-state index in [4.69, 9.17) is 16.3 Å². The fraction of sp³-hybridized carbons (Fsp3) is 0.583. The number of pyridine rings is 1. The van der Waals surface area contributed by atoms with Gasteiger partial charge >= 0.3 is 0 Å². The molecular formula is C12H16ClN3O. The van der Waals surface area contributed by atoms with Crippen LogP contribution in [0.4, 0.5) is 5.69 Å². The van der Waals surface area contributed by atoms with Crippen LogP contribution >= 0.6 is 11.6 Å². The number of ether oxygens (including phenoxy) is 1. The lowest BCUT2D eigenvalue weighted by atomic mass is 10.1. The van der Waals surface area contributed by atoms with Crippen LogP contribution in [0.15, 0.2) is 18.5 Å². The van der Waals surface area contributed by atoms with E-state index in [0.717, 1.165) is 50.1 Å². The summed E-state index contributed by atoms with van der Waals surface area (Å²) < 4.78 is 5.36. The lowest BCUT2D eigenvalue weighted by Crippen LogP contribution is -2.61. The van der Waals surface area contributed by atoms with E-state index in [1.807, 2.05) is 6.07 Å². The van der Waals surface area contributed by atoms with E-state index in [2.05, 4.69) is 14.8 Å². The van der Waals surface area contributed by atoms with Gasteiger partial charge in [-0.05, 0) is 6.07 Å². The minimum absolute atomic E-state index is 0.656. The minimum Gasteiger partial charge on any atom is -0.379 e. The molecule has 2 saturated heterocycles. The van der Waals surface area contributed by atoms with Gasteiger partial charge < -0.3 is 9.64 Å². The molecule has 0 radical (unpaired) electrons. The largest absolute Gasteiger partial charge is 0.379 e. The molecule has 1 aromatic rings. The molecule has 0 spiro atoms. The predicted molar refractivity (Wildman–Crippen MR) is 67.6 cm³/mol. The minimum atomic E-state index is 0.656. The fourth-order valence-corrected chi connectivity index (χ4v) is 2.69. The van der Waals surface area contributed by atoms with Gasteiger partial charge in [-0.1, -0.05) is 11.6 Å². The first kappa shape index (κ1) is 11.3. The van der Waals surface area contributed by atoms with Gasteiger partial charge in [0.2, 0.25) is 0 Å². The van der Waals surface area contributed by atoms with Crippen molar-refractivity contribution in [2.45, 2.75) is 6.04 Å². The van der Waals surface area contributed by atoms with Crippen LogP contribution < -0.4 is 4.90 Å². The summed E-state index contributed by atoms with van der Waals surface area (Å²) in [6, 6.07) is 2.64. The molecule has 2 fully saturated rings. The van der Waals surface area contributed by atoms with Crippen LogP contribution in [0, 0.1) is 0 Å². The molecule has 5 heteroatoms. The molecule has 0 aromatic carbocycles. The summed E-state index contributed by atoms with van der Waals surface area (Å²) in [4.78, 5) is 8.83. The van der Waals surface area contributed by atoms with E-state index in [0.29, 0.717) is 6.04 Å². The maximum atomic E-state index is 6.13. The summed E-state index contributed by atoms with van der Waals surface area (Å²) in [5.41, 5.74) is 1.10. The van der Waals surface area contributed by atoms with Crippen molar-refractivity contribution in [2.75, 3.05) is 44.3 Å². The molecular weight excluding hydrogens is 238 g/mol. The van der Waals surface area contributed by atoms with Crippen molar-refractivity contribution in [2.24, 2.45) is 0 Å². The van der Waals surface area contributed by atoms with Gasteiger partial charge in [-0.3, -0.25) is 9.88 Å².